The summed E-state index contributed by atoms with van der Waals surface area (Å²) in [6.45, 7) is 9.99. The van der Waals surface area contributed by atoms with Crippen LogP contribution in [0.4, 0.5) is 0 Å². The quantitative estimate of drug-likeness (QED) is 0.839. The molecule has 1 N–H and O–H groups in total. The molecule has 2 saturated heterocycles. The highest BCUT2D eigenvalue weighted by atomic mass is 16.5. The second kappa shape index (κ2) is 8.29. The van der Waals surface area contributed by atoms with Crippen LogP contribution in [0.15, 0.2) is 10.8 Å². The highest BCUT2D eigenvalue weighted by molar-refractivity contribution is 5.93. The number of ether oxygens (including phenoxy) is 1. The fourth-order valence-corrected chi connectivity index (χ4v) is 3.66. The predicted octanol–water partition coefficient (Wildman–Crippen LogP) is 1.53. The molecule has 25 heavy (non-hydrogen) atoms. The van der Waals surface area contributed by atoms with Crippen LogP contribution in [0.5, 0.6) is 0 Å². The largest absolute Gasteiger partial charge is 0.445 e. The normalized spacial score (nSPS) is 23.9. The van der Waals surface area contributed by atoms with Crippen molar-refractivity contribution >= 4 is 5.91 Å². The van der Waals surface area contributed by atoms with E-state index in [9.17, 15) is 4.79 Å². The number of rotatable bonds is 6. The molecule has 2 atom stereocenters. The monoisotopic (exact) mass is 350 g/mol. The summed E-state index contributed by atoms with van der Waals surface area (Å²) in [5.74, 6) is 0.869. The van der Waals surface area contributed by atoms with Crippen molar-refractivity contribution in [3.8, 4) is 0 Å². The summed E-state index contributed by atoms with van der Waals surface area (Å²) in [6, 6.07) is 0.329. The van der Waals surface area contributed by atoms with E-state index >= 15 is 0 Å². The van der Waals surface area contributed by atoms with Crippen LogP contribution in [0.2, 0.25) is 0 Å². The van der Waals surface area contributed by atoms with Gasteiger partial charge in [0, 0.05) is 45.4 Å². The molecule has 0 radical (unpaired) electrons. The van der Waals surface area contributed by atoms with Crippen LogP contribution in [-0.2, 0) is 4.74 Å². The third-order valence-electron chi connectivity index (χ3n) is 5.28. The van der Waals surface area contributed by atoms with Gasteiger partial charge in [-0.2, -0.15) is 0 Å². The summed E-state index contributed by atoms with van der Waals surface area (Å²) in [7, 11) is 2.15. The molecular weight excluding hydrogens is 320 g/mol. The molecule has 2 fully saturated rings. The van der Waals surface area contributed by atoms with Crippen molar-refractivity contribution in [3.63, 3.8) is 0 Å². The zero-order chi connectivity index (χ0) is 17.8. The summed E-state index contributed by atoms with van der Waals surface area (Å²) in [6.07, 6.45) is 3.07. The van der Waals surface area contributed by atoms with Gasteiger partial charge in [-0.25, -0.2) is 4.98 Å². The van der Waals surface area contributed by atoms with Gasteiger partial charge in [-0.3, -0.25) is 9.69 Å². The van der Waals surface area contributed by atoms with Crippen LogP contribution in [0, 0.1) is 5.92 Å². The van der Waals surface area contributed by atoms with E-state index in [0.717, 1.165) is 39.0 Å². The van der Waals surface area contributed by atoms with Crippen molar-refractivity contribution in [2.45, 2.75) is 38.8 Å². The molecule has 0 aromatic carbocycles. The molecule has 7 nitrogen and oxygen atoms in total. The van der Waals surface area contributed by atoms with E-state index in [0.29, 0.717) is 36.6 Å². The Morgan fingerprint density at radius 3 is 2.76 bits per heavy atom. The Morgan fingerprint density at radius 2 is 2.12 bits per heavy atom. The highest BCUT2D eigenvalue weighted by Crippen LogP contribution is 2.30. The Hall–Kier alpha value is -1.44. The maximum absolute atomic E-state index is 12.6. The molecule has 0 spiro atoms. The van der Waals surface area contributed by atoms with E-state index in [2.05, 4.69) is 41.0 Å². The van der Waals surface area contributed by atoms with Crippen molar-refractivity contribution < 1.29 is 13.9 Å². The fourth-order valence-electron chi connectivity index (χ4n) is 3.66. The summed E-state index contributed by atoms with van der Waals surface area (Å²) >= 11 is 0. The average Bonchev–Trinajstić information content (AvgIpc) is 3.27. The van der Waals surface area contributed by atoms with Gasteiger partial charge in [0.1, 0.15) is 6.10 Å². The molecule has 3 rings (SSSR count). The summed E-state index contributed by atoms with van der Waals surface area (Å²) in [5.41, 5.74) is 0.368. The molecule has 0 aliphatic carbocycles. The van der Waals surface area contributed by atoms with Crippen LogP contribution in [0.1, 0.15) is 49.0 Å². The Labute approximate surface area is 149 Å². The van der Waals surface area contributed by atoms with E-state index in [1.54, 1.807) is 0 Å². The molecule has 140 valence electrons. The van der Waals surface area contributed by atoms with Gasteiger partial charge in [0.05, 0.1) is 0 Å². The van der Waals surface area contributed by atoms with Gasteiger partial charge in [-0.1, -0.05) is 13.8 Å². The van der Waals surface area contributed by atoms with Crippen LogP contribution in [0.25, 0.3) is 0 Å². The first-order valence-electron chi connectivity index (χ1n) is 9.32. The fraction of sp³-hybridized carbons (Fsp3) is 0.778. The Morgan fingerprint density at radius 1 is 1.36 bits per heavy atom. The first-order valence-corrected chi connectivity index (χ1v) is 9.32. The Bertz CT molecular complexity index is 560. The number of carbonyl (C=O) groups is 1. The smallest absolute Gasteiger partial charge is 0.273 e. The van der Waals surface area contributed by atoms with Gasteiger partial charge in [-0.05, 0) is 25.8 Å². The molecule has 0 saturated carbocycles. The number of nitrogens with zero attached hydrogens (tertiary/aromatic N) is 3. The van der Waals surface area contributed by atoms with Gasteiger partial charge in [0.25, 0.3) is 5.91 Å². The van der Waals surface area contributed by atoms with Crippen molar-refractivity contribution in [2.24, 2.45) is 5.92 Å². The number of oxazole rings is 1. The third-order valence-corrected chi connectivity index (χ3v) is 5.28. The minimum absolute atomic E-state index is 0.137. The Kier molecular flexibility index (Phi) is 6.09. The van der Waals surface area contributed by atoms with Crippen LogP contribution in [-0.4, -0.2) is 73.1 Å². The molecule has 1 aromatic rings. The molecule has 0 bridgehead atoms. The van der Waals surface area contributed by atoms with E-state index in [4.69, 9.17) is 9.15 Å². The van der Waals surface area contributed by atoms with Gasteiger partial charge < -0.3 is 19.4 Å². The molecular formula is C18H30N4O3. The number of aromatic nitrogens is 1. The average molecular weight is 350 g/mol. The number of hydrogen-bond acceptors (Lipinski definition) is 6. The number of piperazine rings is 1. The SMILES string of the molecule is CC(C)[C@@H](CNC(=O)c1ncoc1[C@H]1CCCO1)N1CCN(C)CC1. The maximum Gasteiger partial charge on any atom is 0.273 e. The topological polar surface area (TPSA) is 70.8 Å². The van der Waals surface area contributed by atoms with E-state index in [1.807, 2.05) is 0 Å². The molecule has 3 heterocycles. The molecule has 7 heteroatoms. The van der Waals surface area contributed by atoms with Gasteiger partial charge in [-0.15, -0.1) is 0 Å². The summed E-state index contributed by atoms with van der Waals surface area (Å²) in [5, 5.41) is 3.07. The Balaban J connectivity index is 1.59. The number of hydrogen-bond donors (Lipinski definition) is 1. The van der Waals surface area contributed by atoms with Gasteiger partial charge in [0.2, 0.25) is 0 Å². The molecule has 1 amide bonds. The number of nitrogens with one attached hydrogen (secondary N) is 1. The first-order chi connectivity index (χ1) is 12.1. The number of carbonyl (C=O) groups excluding carboxylic acids is 1. The highest BCUT2D eigenvalue weighted by Gasteiger charge is 2.29. The van der Waals surface area contributed by atoms with E-state index in [1.165, 1.54) is 6.39 Å². The lowest BCUT2D eigenvalue weighted by Crippen LogP contribution is -2.54. The van der Waals surface area contributed by atoms with Crippen LogP contribution >= 0.6 is 0 Å². The van der Waals surface area contributed by atoms with Crippen molar-refractivity contribution in [2.75, 3.05) is 46.4 Å². The second-order valence-corrected chi connectivity index (χ2v) is 7.43. The molecule has 2 aliphatic rings. The minimum atomic E-state index is -0.168. The lowest BCUT2D eigenvalue weighted by molar-refractivity contribution is 0.0768. The maximum atomic E-state index is 12.6. The zero-order valence-corrected chi connectivity index (χ0v) is 15.5. The number of likely N-dealkylation sites (N-methyl/N-ethyl adjacent to an activating group) is 1. The van der Waals surface area contributed by atoms with Crippen LogP contribution in [0.3, 0.4) is 0 Å². The lowest BCUT2D eigenvalue weighted by Gasteiger charge is -2.39. The van der Waals surface area contributed by atoms with Crippen molar-refractivity contribution in [1.82, 2.24) is 20.1 Å². The third kappa shape index (κ3) is 4.40. The first kappa shape index (κ1) is 18.4. The van der Waals surface area contributed by atoms with Crippen molar-refractivity contribution in [1.29, 1.82) is 0 Å². The van der Waals surface area contributed by atoms with Gasteiger partial charge in [0.15, 0.2) is 17.8 Å². The van der Waals surface area contributed by atoms with Crippen molar-refractivity contribution in [3.05, 3.63) is 17.8 Å². The predicted molar refractivity (Wildman–Crippen MR) is 94.5 cm³/mol. The standard InChI is InChI=1S/C18H30N4O3/c1-13(2)14(22-8-6-21(3)7-9-22)11-19-18(23)16-17(25-12-20-16)15-5-4-10-24-15/h12-15H,4-11H2,1-3H3,(H,19,23)/t14-,15-/m1/s1. The summed E-state index contributed by atoms with van der Waals surface area (Å²) in [4.78, 5) is 21.6. The summed E-state index contributed by atoms with van der Waals surface area (Å²) < 4.78 is 11.1. The van der Waals surface area contributed by atoms with Gasteiger partial charge >= 0.3 is 0 Å². The molecule has 0 unspecified atom stereocenters. The second-order valence-electron chi connectivity index (χ2n) is 7.43. The van der Waals surface area contributed by atoms with E-state index in [-0.39, 0.29) is 12.0 Å². The van der Waals surface area contributed by atoms with Crippen LogP contribution < -0.4 is 5.32 Å². The zero-order valence-electron chi connectivity index (χ0n) is 15.5. The molecule has 1 aromatic heterocycles. The van der Waals surface area contributed by atoms with E-state index < -0.39 is 0 Å². The minimum Gasteiger partial charge on any atom is -0.445 e. The number of amides is 1. The lowest BCUT2D eigenvalue weighted by atomic mass is 10.0. The molecule has 2 aliphatic heterocycles.